The van der Waals surface area contributed by atoms with Gasteiger partial charge < -0.3 is 9.84 Å². The summed E-state index contributed by atoms with van der Waals surface area (Å²) in [6.07, 6.45) is 0.123. The van der Waals surface area contributed by atoms with E-state index in [0.29, 0.717) is 16.3 Å². The lowest BCUT2D eigenvalue weighted by molar-refractivity contribution is -0.137. The number of rotatable bonds is 6. The first-order valence-electron chi connectivity index (χ1n) is 5.52. The number of carbonyl (C=O) groups excluding carboxylic acids is 1. The molecule has 0 aliphatic heterocycles. The Morgan fingerprint density at radius 1 is 1.39 bits per heavy atom. The molecule has 0 saturated carbocycles. The molecule has 0 fully saturated rings. The van der Waals surface area contributed by atoms with E-state index in [2.05, 4.69) is 0 Å². The second-order valence-corrected chi connectivity index (χ2v) is 4.61. The van der Waals surface area contributed by atoms with Crippen LogP contribution < -0.4 is 4.74 Å². The second kappa shape index (κ2) is 6.40. The van der Waals surface area contributed by atoms with E-state index in [1.807, 2.05) is 0 Å². The van der Waals surface area contributed by atoms with Gasteiger partial charge >= 0.3 is 5.97 Å². The zero-order valence-corrected chi connectivity index (χ0v) is 11.0. The fourth-order valence-electron chi connectivity index (χ4n) is 1.69. The van der Waals surface area contributed by atoms with E-state index in [1.165, 1.54) is 13.2 Å². The highest BCUT2D eigenvalue weighted by Crippen LogP contribution is 2.25. The summed E-state index contributed by atoms with van der Waals surface area (Å²) in [5, 5.41) is 9.10. The lowest BCUT2D eigenvalue weighted by Crippen LogP contribution is -2.11. The number of ketones is 1. The van der Waals surface area contributed by atoms with Gasteiger partial charge in [-0.05, 0) is 24.1 Å². The highest BCUT2D eigenvalue weighted by molar-refractivity contribution is 6.31. The number of carboxylic acid groups (broad SMARTS) is 1. The smallest absolute Gasteiger partial charge is 0.303 e. The molecule has 1 aromatic carbocycles. The summed E-state index contributed by atoms with van der Waals surface area (Å²) in [6, 6.07) is 4.80. The van der Waals surface area contributed by atoms with E-state index in [0.717, 1.165) is 0 Å². The molecule has 98 valence electrons. The molecule has 0 radical (unpaired) electrons. The molecule has 0 heterocycles. The molecular weight excluding hydrogens is 256 g/mol. The lowest BCUT2D eigenvalue weighted by atomic mass is 9.97. The normalized spacial score (nSPS) is 11.9. The minimum absolute atomic E-state index is 0.0331. The van der Waals surface area contributed by atoms with Crippen molar-refractivity contribution in [1.82, 2.24) is 0 Å². The average molecular weight is 271 g/mol. The standard InChI is InChI=1S/C13H15ClO4/c1-8(6-13(16)17)5-11(15)10-7-9(14)3-4-12(10)18-2/h3-4,7-8H,5-6H2,1-2H3,(H,16,17). The predicted molar refractivity (Wildman–Crippen MR) is 68.4 cm³/mol. The van der Waals surface area contributed by atoms with E-state index >= 15 is 0 Å². The Labute approximate surface area is 111 Å². The van der Waals surface area contributed by atoms with Gasteiger partial charge in [-0.15, -0.1) is 0 Å². The zero-order chi connectivity index (χ0) is 13.7. The van der Waals surface area contributed by atoms with E-state index in [1.54, 1.807) is 19.1 Å². The fraction of sp³-hybridized carbons (Fsp3) is 0.385. The van der Waals surface area contributed by atoms with E-state index < -0.39 is 5.97 Å². The van der Waals surface area contributed by atoms with Crippen molar-refractivity contribution in [2.75, 3.05) is 7.11 Å². The molecule has 1 rings (SSSR count). The Kier molecular flexibility index (Phi) is 5.16. The van der Waals surface area contributed by atoms with Gasteiger partial charge in [0.2, 0.25) is 0 Å². The summed E-state index contributed by atoms with van der Waals surface area (Å²) in [5.74, 6) is -0.845. The van der Waals surface area contributed by atoms with Crippen LogP contribution in [-0.4, -0.2) is 24.0 Å². The van der Waals surface area contributed by atoms with Crippen molar-refractivity contribution in [2.24, 2.45) is 5.92 Å². The van der Waals surface area contributed by atoms with Crippen molar-refractivity contribution < 1.29 is 19.4 Å². The minimum Gasteiger partial charge on any atom is -0.496 e. The van der Waals surface area contributed by atoms with Crippen LogP contribution in [-0.2, 0) is 4.79 Å². The minimum atomic E-state index is -0.909. The largest absolute Gasteiger partial charge is 0.496 e. The summed E-state index contributed by atoms with van der Waals surface area (Å²) in [7, 11) is 1.47. The summed E-state index contributed by atoms with van der Waals surface area (Å²) in [4.78, 5) is 22.6. The fourth-order valence-corrected chi connectivity index (χ4v) is 1.87. The molecule has 0 aliphatic carbocycles. The molecule has 18 heavy (non-hydrogen) atoms. The molecule has 0 aliphatic rings. The second-order valence-electron chi connectivity index (χ2n) is 4.17. The van der Waals surface area contributed by atoms with E-state index in [9.17, 15) is 9.59 Å². The van der Waals surface area contributed by atoms with Gasteiger partial charge in [0, 0.05) is 17.9 Å². The Morgan fingerprint density at radius 3 is 2.61 bits per heavy atom. The number of Topliss-reactive ketones (excluding diaryl/α,β-unsaturated/α-hetero) is 1. The first-order valence-corrected chi connectivity index (χ1v) is 5.90. The Balaban J connectivity index is 2.83. The zero-order valence-electron chi connectivity index (χ0n) is 10.3. The van der Waals surface area contributed by atoms with Crippen LogP contribution in [0.5, 0.6) is 5.75 Å². The van der Waals surface area contributed by atoms with E-state index in [4.69, 9.17) is 21.4 Å². The van der Waals surface area contributed by atoms with Gasteiger partial charge in [0.05, 0.1) is 12.7 Å². The third-order valence-electron chi connectivity index (χ3n) is 2.52. The lowest BCUT2D eigenvalue weighted by Gasteiger charge is -2.11. The SMILES string of the molecule is COc1ccc(Cl)cc1C(=O)CC(C)CC(=O)O. The first kappa shape index (κ1) is 14.5. The maximum absolute atomic E-state index is 12.0. The quantitative estimate of drug-likeness (QED) is 0.807. The molecular formula is C13H15ClO4. The van der Waals surface area contributed by atoms with Crippen molar-refractivity contribution in [3.8, 4) is 5.75 Å². The van der Waals surface area contributed by atoms with Crippen LogP contribution >= 0.6 is 11.6 Å². The highest BCUT2D eigenvalue weighted by Gasteiger charge is 2.17. The Morgan fingerprint density at radius 2 is 2.06 bits per heavy atom. The van der Waals surface area contributed by atoms with Gasteiger partial charge in [-0.2, -0.15) is 0 Å². The summed E-state index contributed by atoms with van der Waals surface area (Å²) in [5.41, 5.74) is 0.391. The topological polar surface area (TPSA) is 63.6 Å². The van der Waals surface area contributed by atoms with Gasteiger partial charge in [-0.1, -0.05) is 18.5 Å². The van der Waals surface area contributed by atoms with Crippen molar-refractivity contribution in [2.45, 2.75) is 19.8 Å². The predicted octanol–water partition coefficient (Wildman–Crippen LogP) is 3.03. The highest BCUT2D eigenvalue weighted by atomic mass is 35.5. The Hall–Kier alpha value is -1.55. The summed E-state index contributed by atoms with van der Waals surface area (Å²) >= 11 is 5.84. The van der Waals surface area contributed by atoms with Gasteiger partial charge in [0.15, 0.2) is 5.78 Å². The number of carbonyl (C=O) groups is 2. The summed E-state index contributed by atoms with van der Waals surface area (Å²) in [6.45, 7) is 1.73. The first-order chi connectivity index (χ1) is 8.43. The van der Waals surface area contributed by atoms with Crippen molar-refractivity contribution in [1.29, 1.82) is 0 Å². The number of ether oxygens (including phenoxy) is 1. The molecule has 1 atom stereocenters. The molecule has 0 saturated heterocycles. The van der Waals surface area contributed by atoms with Gasteiger partial charge in [-0.3, -0.25) is 9.59 Å². The molecule has 0 aromatic heterocycles. The summed E-state index contributed by atoms with van der Waals surface area (Å²) < 4.78 is 5.09. The van der Waals surface area contributed by atoms with Crippen molar-refractivity contribution >= 4 is 23.4 Å². The number of methoxy groups -OCH3 is 1. The van der Waals surface area contributed by atoms with Crippen LogP contribution in [0.2, 0.25) is 5.02 Å². The third-order valence-corrected chi connectivity index (χ3v) is 2.75. The number of benzene rings is 1. The van der Waals surface area contributed by atoms with Crippen LogP contribution in [0.3, 0.4) is 0 Å². The molecule has 0 amide bonds. The van der Waals surface area contributed by atoms with E-state index in [-0.39, 0.29) is 24.5 Å². The molecule has 1 N–H and O–H groups in total. The van der Waals surface area contributed by atoms with Gasteiger partial charge in [0.25, 0.3) is 0 Å². The van der Waals surface area contributed by atoms with Crippen LogP contribution in [0.15, 0.2) is 18.2 Å². The van der Waals surface area contributed by atoms with Crippen molar-refractivity contribution in [3.05, 3.63) is 28.8 Å². The van der Waals surface area contributed by atoms with Crippen molar-refractivity contribution in [3.63, 3.8) is 0 Å². The molecule has 1 aromatic rings. The van der Waals surface area contributed by atoms with Gasteiger partial charge in [-0.25, -0.2) is 0 Å². The number of aliphatic carboxylic acids is 1. The number of hydrogen-bond acceptors (Lipinski definition) is 3. The monoisotopic (exact) mass is 270 g/mol. The maximum atomic E-state index is 12.0. The van der Waals surface area contributed by atoms with Crippen LogP contribution in [0.4, 0.5) is 0 Å². The van der Waals surface area contributed by atoms with Crippen LogP contribution in [0, 0.1) is 5.92 Å². The molecule has 0 bridgehead atoms. The molecule has 1 unspecified atom stereocenters. The third kappa shape index (κ3) is 4.04. The molecule has 0 spiro atoms. The van der Waals surface area contributed by atoms with Crippen LogP contribution in [0.1, 0.15) is 30.1 Å². The maximum Gasteiger partial charge on any atom is 0.303 e. The molecule has 5 heteroatoms. The Bertz CT molecular complexity index is 456. The number of hydrogen-bond donors (Lipinski definition) is 1. The number of carboxylic acids is 1. The van der Waals surface area contributed by atoms with Crippen LogP contribution in [0.25, 0.3) is 0 Å². The average Bonchev–Trinajstić information content (AvgIpc) is 2.27. The number of halogens is 1. The van der Waals surface area contributed by atoms with Gasteiger partial charge in [0.1, 0.15) is 5.75 Å². The molecule has 4 nitrogen and oxygen atoms in total.